The van der Waals surface area contributed by atoms with E-state index in [4.69, 9.17) is 0 Å². The van der Waals surface area contributed by atoms with Crippen molar-refractivity contribution in [3.05, 3.63) is 35.6 Å². The average Bonchev–Trinajstić information content (AvgIpc) is 2.58. The van der Waals surface area contributed by atoms with E-state index in [-0.39, 0.29) is 11.9 Å². The lowest BCUT2D eigenvalue weighted by atomic mass is 9.93. The summed E-state index contributed by atoms with van der Waals surface area (Å²) in [5.74, 6) is 2.23. The molecular weight excluding hydrogens is 325 g/mol. The SMILES string of the molecule is CCNC(=NCCSCc1ccccc1F)NC1CCC(O)CC1. The van der Waals surface area contributed by atoms with Crippen molar-refractivity contribution in [1.29, 1.82) is 0 Å². The summed E-state index contributed by atoms with van der Waals surface area (Å²) in [7, 11) is 0. The lowest BCUT2D eigenvalue weighted by Gasteiger charge is -2.27. The first-order valence-electron chi connectivity index (χ1n) is 8.73. The third-order valence-electron chi connectivity index (χ3n) is 4.10. The summed E-state index contributed by atoms with van der Waals surface area (Å²) in [6, 6.07) is 7.30. The fourth-order valence-electron chi connectivity index (χ4n) is 2.75. The van der Waals surface area contributed by atoms with Crippen LogP contribution in [0, 0.1) is 5.82 Å². The fourth-order valence-corrected chi connectivity index (χ4v) is 3.57. The third kappa shape index (κ3) is 6.69. The highest BCUT2D eigenvalue weighted by Crippen LogP contribution is 2.18. The molecule has 0 unspecified atom stereocenters. The molecule has 3 N–H and O–H groups in total. The summed E-state index contributed by atoms with van der Waals surface area (Å²) in [4.78, 5) is 4.60. The number of aliphatic hydroxyl groups excluding tert-OH is 1. The topological polar surface area (TPSA) is 56.7 Å². The molecule has 1 aromatic carbocycles. The van der Waals surface area contributed by atoms with E-state index in [1.165, 1.54) is 6.07 Å². The number of nitrogens with zero attached hydrogens (tertiary/aromatic N) is 1. The molecule has 0 aromatic heterocycles. The highest BCUT2D eigenvalue weighted by molar-refractivity contribution is 7.98. The maximum absolute atomic E-state index is 13.5. The van der Waals surface area contributed by atoms with Crippen molar-refractivity contribution in [2.75, 3.05) is 18.8 Å². The van der Waals surface area contributed by atoms with Crippen LogP contribution in [0.5, 0.6) is 0 Å². The van der Waals surface area contributed by atoms with Gasteiger partial charge in [-0.2, -0.15) is 11.8 Å². The Bertz CT molecular complexity index is 519. The van der Waals surface area contributed by atoms with Crippen LogP contribution in [0.3, 0.4) is 0 Å². The molecule has 4 nitrogen and oxygen atoms in total. The van der Waals surface area contributed by atoms with Crippen molar-refractivity contribution in [1.82, 2.24) is 10.6 Å². The predicted octanol–water partition coefficient (Wildman–Crippen LogP) is 2.92. The summed E-state index contributed by atoms with van der Waals surface area (Å²) in [5.41, 5.74) is 0.747. The van der Waals surface area contributed by atoms with Gasteiger partial charge >= 0.3 is 0 Å². The Hall–Kier alpha value is -1.27. The Morgan fingerprint density at radius 1 is 1.29 bits per heavy atom. The minimum Gasteiger partial charge on any atom is -0.393 e. The van der Waals surface area contributed by atoms with Crippen LogP contribution in [-0.4, -0.2) is 42.1 Å². The van der Waals surface area contributed by atoms with Crippen molar-refractivity contribution in [3.63, 3.8) is 0 Å². The Morgan fingerprint density at radius 2 is 2.04 bits per heavy atom. The highest BCUT2D eigenvalue weighted by Gasteiger charge is 2.19. The molecule has 0 spiro atoms. The van der Waals surface area contributed by atoms with E-state index in [0.29, 0.717) is 18.3 Å². The van der Waals surface area contributed by atoms with E-state index in [1.807, 2.05) is 12.1 Å². The number of halogens is 1. The van der Waals surface area contributed by atoms with Crippen LogP contribution in [0.15, 0.2) is 29.3 Å². The van der Waals surface area contributed by atoms with E-state index in [9.17, 15) is 9.50 Å². The monoisotopic (exact) mass is 353 g/mol. The van der Waals surface area contributed by atoms with Gasteiger partial charge in [0.2, 0.25) is 0 Å². The van der Waals surface area contributed by atoms with E-state index >= 15 is 0 Å². The lowest BCUT2D eigenvalue weighted by Crippen LogP contribution is -2.45. The molecule has 1 aliphatic rings. The van der Waals surface area contributed by atoms with Gasteiger partial charge in [-0.1, -0.05) is 18.2 Å². The van der Waals surface area contributed by atoms with Crippen molar-refractivity contribution >= 4 is 17.7 Å². The summed E-state index contributed by atoms with van der Waals surface area (Å²) in [6.45, 7) is 3.57. The number of guanidine groups is 1. The third-order valence-corrected chi connectivity index (χ3v) is 5.09. The zero-order valence-electron chi connectivity index (χ0n) is 14.3. The maximum Gasteiger partial charge on any atom is 0.191 e. The largest absolute Gasteiger partial charge is 0.393 e. The van der Waals surface area contributed by atoms with Crippen LogP contribution in [0.25, 0.3) is 0 Å². The number of benzene rings is 1. The Kier molecular flexibility index (Phi) is 8.39. The van der Waals surface area contributed by atoms with Crippen LogP contribution < -0.4 is 10.6 Å². The van der Waals surface area contributed by atoms with Gasteiger partial charge in [0.05, 0.1) is 12.6 Å². The maximum atomic E-state index is 13.5. The van der Waals surface area contributed by atoms with Gasteiger partial charge in [0.15, 0.2) is 5.96 Å². The highest BCUT2D eigenvalue weighted by atomic mass is 32.2. The summed E-state index contributed by atoms with van der Waals surface area (Å²) in [5, 5.41) is 16.3. The molecule has 6 heteroatoms. The second kappa shape index (κ2) is 10.6. The van der Waals surface area contributed by atoms with Crippen LogP contribution in [0.1, 0.15) is 38.2 Å². The molecule has 0 bridgehead atoms. The Balaban J connectivity index is 1.71. The van der Waals surface area contributed by atoms with E-state index < -0.39 is 0 Å². The number of hydrogen-bond acceptors (Lipinski definition) is 3. The van der Waals surface area contributed by atoms with Crippen LogP contribution >= 0.6 is 11.8 Å². The first-order chi connectivity index (χ1) is 11.7. The first-order valence-corrected chi connectivity index (χ1v) is 9.88. The molecule has 0 saturated heterocycles. The number of nitrogens with one attached hydrogen (secondary N) is 2. The molecule has 0 radical (unpaired) electrons. The molecule has 24 heavy (non-hydrogen) atoms. The number of aliphatic hydroxyl groups is 1. The van der Waals surface area contributed by atoms with Gasteiger partial charge in [-0.05, 0) is 44.2 Å². The molecule has 1 aromatic rings. The number of aliphatic imine (C=N–C) groups is 1. The predicted molar refractivity (Wildman–Crippen MR) is 99.9 cm³/mol. The first kappa shape index (κ1) is 19.1. The van der Waals surface area contributed by atoms with Gasteiger partial charge < -0.3 is 15.7 Å². The van der Waals surface area contributed by atoms with E-state index in [2.05, 4.69) is 22.5 Å². The van der Waals surface area contributed by atoms with Crippen LogP contribution in [0.2, 0.25) is 0 Å². The average molecular weight is 354 g/mol. The van der Waals surface area contributed by atoms with Gasteiger partial charge in [0.1, 0.15) is 5.82 Å². The zero-order valence-corrected chi connectivity index (χ0v) is 15.1. The number of thioether (sulfide) groups is 1. The van der Waals surface area contributed by atoms with Crippen LogP contribution in [-0.2, 0) is 5.75 Å². The zero-order chi connectivity index (χ0) is 17.2. The minimum absolute atomic E-state index is 0.136. The smallest absolute Gasteiger partial charge is 0.191 e. The molecule has 0 atom stereocenters. The summed E-state index contributed by atoms with van der Waals surface area (Å²) < 4.78 is 13.5. The molecular formula is C18H28FN3OS. The quantitative estimate of drug-likeness (QED) is 0.401. The molecule has 1 saturated carbocycles. The summed E-state index contributed by atoms with van der Waals surface area (Å²) >= 11 is 1.69. The molecule has 2 rings (SSSR count). The fraction of sp³-hybridized carbons (Fsp3) is 0.611. The molecule has 0 amide bonds. The minimum atomic E-state index is -0.141. The molecule has 1 fully saturated rings. The van der Waals surface area contributed by atoms with Crippen molar-refractivity contribution < 1.29 is 9.50 Å². The van der Waals surface area contributed by atoms with Gasteiger partial charge in [-0.3, -0.25) is 4.99 Å². The van der Waals surface area contributed by atoms with Crippen molar-refractivity contribution in [2.45, 2.75) is 50.5 Å². The second-order valence-corrected chi connectivity index (χ2v) is 7.16. The molecule has 0 aliphatic heterocycles. The van der Waals surface area contributed by atoms with Gasteiger partial charge in [0.25, 0.3) is 0 Å². The normalized spacial score (nSPS) is 21.5. The Labute approximate surface area is 148 Å². The van der Waals surface area contributed by atoms with Gasteiger partial charge in [-0.15, -0.1) is 0 Å². The Morgan fingerprint density at radius 3 is 2.75 bits per heavy atom. The lowest BCUT2D eigenvalue weighted by molar-refractivity contribution is 0.120. The van der Waals surface area contributed by atoms with Crippen molar-refractivity contribution in [2.24, 2.45) is 4.99 Å². The summed E-state index contributed by atoms with van der Waals surface area (Å²) in [6.07, 6.45) is 3.53. The van der Waals surface area contributed by atoms with Gasteiger partial charge in [0, 0.05) is 24.1 Å². The van der Waals surface area contributed by atoms with Crippen molar-refractivity contribution in [3.8, 4) is 0 Å². The van der Waals surface area contributed by atoms with E-state index in [1.54, 1.807) is 17.8 Å². The number of hydrogen-bond donors (Lipinski definition) is 3. The molecule has 1 aliphatic carbocycles. The molecule has 0 heterocycles. The van der Waals surface area contributed by atoms with Crippen LogP contribution in [0.4, 0.5) is 4.39 Å². The molecule has 134 valence electrons. The van der Waals surface area contributed by atoms with E-state index in [0.717, 1.165) is 49.5 Å². The second-order valence-electron chi connectivity index (χ2n) is 6.05. The number of rotatable bonds is 7. The standard InChI is InChI=1S/C18H28FN3OS/c1-2-20-18(22-15-7-9-16(23)10-8-15)21-11-12-24-13-14-5-3-4-6-17(14)19/h3-6,15-16,23H,2,7-13H2,1H3,(H2,20,21,22). The van der Waals surface area contributed by atoms with Gasteiger partial charge in [-0.25, -0.2) is 4.39 Å².